The lowest BCUT2D eigenvalue weighted by atomic mass is 10.0. The van der Waals surface area contributed by atoms with E-state index >= 15 is 0 Å². The quantitative estimate of drug-likeness (QED) is 0.0945. The second-order valence-electron chi connectivity index (χ2n) is 10.2. The molecule has 234 valence electrons. The predicted molar refractivity (Wildman–Crippen MR) is 179 cm³/mol. The van der Waals surface area contributed by atoms with Gasteiger partial charge < -0.3 is 14.2 Å². The number of nitrogens with one attached hydrogen (secondary N) is 1. The van der Waals surface area contributed by atoms with Crippen molar-refractivity contribution in [1.82, 2.24) is 5.32 Å². The number of carbonyl (C=O) groups excluding carboxylic acids is 3. The fraction of sp³-hybridized carbons (Fsp3) is 0.139. The summed E-state index contributed by atoms with van der Waals surface area (Å²) in [5.74, 6) is -0.145. The molecule has 5 rings (SSSR count). The molecule has 0 radical (unpaired) electrons. The van der Waals surface area contributed by atoms with Crippen LogP contribution in [-0.4, -0.2) is 24.5 Å². The van der Waals surface area contributed by atoms with E-state index in [4.69, 9.17) is 37.4 Å². The minimum absolute atomic E-state index is 0.148. The number of urea groups is 1. The van der Waals surface area contributed by atoms with Crippen molar-refractivity contribution in [2.45, 2.75) is 26.6 Å². The van der Waals surface area contributed by atoms with Gasteiger partial charge >= 0.3 is 6.03 Å². The zero-order valence-electron chi connectivity index (χ0n) is 24.9. The Balaban J connectivity index is 1.41. The Labute approximate surface area is 276 Å². The highest BCUT2D eigenvalue weighted by Gasteiger charge is 2.37. The van der Waals surface area contributed by atoms with E-state index in [1.807, 2.05) is 37.3 Å². The number of anilines is 1. The fourth-order valence-electron chi connectivity index (χ4n) is 4.78. The Morgan fingerprint density at radius 3 is 2.30 bits per heavy atom. The van der Waals surface area contributed by atoms with Gasteiger partial charge in [0.1, 0.15) is 24.5 Å². The number of hydrogen-bond donors (Lipinski definition) is 1. The number of carbonyl (C=O) groups is 3. The Kier molecular flexibility index (Phi) is 10.4. The van der Waals surface area contributed by atoms with Crippen LogP contribution in [0.25, 0.3) is 6.08 Å². The maximum absolute atomic E-state index is 13.6. The number of halogens is 2. The Bertz CT molecular complexity index is 1810. The van der Waals surface area contributed by atoms with E-state index in [1.165, 1.54) is 6.08 Å². The molecule has 0 spiro atoms. The van der Waals surface area contributed by atoms with E-state index in [9.17, 15) is 14.4 Å². The average molecular weight is 658 g/mol. The number of ether oxygens (including phenoxy) is 3. The fourth-order valence-corrected chi connectivity index (χ4v) is 5.24. The second kappa shape index (κ2) is 14.8. The third-order valence-electron chi connectivity index (χ3n) is 6.96. The molecule has 0 aromatic heterocycles. The standard InChI is InChI=1S/C36H30Cl2N2O6/c1-3-8-25-17-24(19-32(44-4-2)33(25)46-22-26-11-12-27(37)20-31(26)38)18-30-34(41)39-36(43)40(35(30)42)28-13-15-29(16-14-28)45-21-23-9-6-5-7-10-23/h3,5-7,9-20H,1,4,8,21-22H2,2H3,(H,39,41,43)/b30-18+. The van der Waals surface area contributed by atoms with Crippen LogP contribution in [0.15, 0.2) is 103 Å². The summed E-state index contributed by atoms with van der Waals surface area (Å²) in [7, 11) is 0. The van der Waals surface area contributed by atoms with Crippen molar-refractivity contribution in [1.29, 1.82) is 0 Å². The molecule has 0 atom stereocenters. The van der Waals surface area contributed by atoms with Crippen LogP contribution in [0.1, 0.15) is 29.2 Å². The van der Waals surface area contributed by atoms with E-state index in [0.717, 1.165) is 16.0 Å². The topological polar surface area (TPSA) is 94.2 Å². The van der Waals surface area contributed by atoms with Crippen LogP contribution in [-0.2, 0) is 29.2 Å². The van der Waals surface area contributed by atoms with Gasteiger partial charge in [-0.2, -0.15) is 0 Å². The monoisotopic (exact) mass is 656 g/mol. The van der Waals surface area contributed by atoms with Gasteiger partial charge in [0, 0.05) is 21.2 Å². The molecule has 1 fully saturated rings. The lowest BCUT2D eigenvalue weighted by Gasteiger charge is -2.26. The summed E-state index contributed by atoms with van der Waals surface area (Å²) in [5, 5.41) is 3.24. The number of imide groups is 2. The highest BCUT2D eigenvalue weighted by Crippen LogP contribution is 2.36. The van der Waals surface area contributed by atoms with Gasteiger partial charge in [0.25, 0.3) is 11.8 Å². The lowest BCUT2D eigenvalue weighted by Crippen LogP contribution is -2.54. The van der Waals surface area contributed by atoms with Gasteiger partial charge in [-0.3, -0.25) is 14.9 Å². The first-order valence-corrected chi connectivity index (χ1v) is 15.2. The predicted octanol–water partition coefficient (Wildman–Crippen LogP) is 7.95. The van der Waals surface area contributed by atoms with Crippen LogP contribution >= 0.6 is 23.2 Å². The van der Waals surface area contributed by atoms with Crippen molar-refractivity contribution in [3.05, 3.63) is 135 Å². The molecule has 1 heterocycles. The molecular weight excluding hydrogens is 627 g/mol. The molecule has 8 nitrogen and oxygen atoms in total. The van der Waals surface area contributed by atoms with Crippen LogP contribution < -0.4 is 24.4 Å². The Hall–Kier alpha value is -5.05. The molecule has 1 aliphatic rings. The van der Waals surface area contributed by atoms with Crippen LogP contribution in [0.2, 0.25) is 10.0 Å². The normalized spacial score (nSPS) is 13.8. The summed E-state index contributed by atoms with van der Waals surface area (Å²) in [6.45, 7) is 6.52. The van der Waals surface area contributed by atoms with Gasteiger partial charge in [-0.1, -0.05) is 65.7 Å². The summed E-state index contributed by atoms with van der Waals surface area (Å²) >= 11 is 12.4. The van der Waals surface area contributed by atoms with Crippen molar-refractivity contribution in [2.75, 3.05) is 11.5 Å². The number of amides is 4. The first kappa shape index (κ1) is 32.3. The van der Waals surface area contributed by atoms with Crippen LogP contribution in [0.3, 0.4) is 0 Å². The molecule has 0 aliphatic carbocycles. The summed E-state index contributed by atoms with van der Waals surface area (Å²) in [6, 6.07) is 23.9. The number of hydrogen-bond acceptors (Lipinski definition) is 6. The Morgan fingerprint density at radius 2 is 1.61 bits per heavy atom. The Morgan fingerprint density at radius 1 is 0.848 bits per heavy atom. The molecule has 4 amide bonds. The van der Waals surface area contributed by atoms with E-state index in [-0.39, 0.29) is 17.9 Å². The SMILES string of the molecule is C=CCc1cc(/C=C2\C(=O)NC(=O)N(c3ccc(OCc4ccccc4)cc3)C2=O)cc(OCC)c1OCc1ccc(Cl)cc1Cl. The largest absolute Gasteiger partial charge is 0.490 e. The minimum Gasteiger partial charge on any atom is -0.490 e. The van der Waals surface area contributed by atoms with Gasteiger partial charge in [-0.25, -0.2) is 9.69 Å². The highest BCUT2D eigenvalue weighted by molar-refractivity contribution is 6.39. The van der Waals surface area contributed by atoms with Gasteiger partial charge in [0.2, 0.25) is 0 Å². The third-order valence-corrected chi connectivity index (χ3v) is 7.55. The van der Waals surface area contributed by atoms with Crippen molar-refractivity contribution >= 4 is 52.8 Å². The maximum Gasteiger partial charge on any atom is 0.335 e. The van der Waals surface area contributed by atoms with Gasteiger partial charge in [0.05, 0.1) is 12.3 Å². The maximum atomic E-state index is 13.6. The summed E-state index contributed by atoms with van der Waals surface area (Å²) in [4.78, 5) is 40.2. The number of rotatable bonds is 12. The highest BCUT2D eigenvalue weighted by atomic mass is 35.5. The van der Waals surface area contributed by atoms with E-state index in [2.05, 4.69) is 11.9 Å². The zero-order valence-corrected chi connectivity index (χ0v) is 26.4. The van der Waals surface area contributed by atoms with Gasteiger partial charge in [-0.15, -0.1) is 6.58 Å². The van der Waals surface area contributed by atoms with E-state index in [1.54, 1.807) is 60.7 Å². The number of allylic oxidation sites excluding steroid dienone is 1. The first-order chi connectivity index (χ1) is 22.3. The van der Waals surface area contributed by atoms with Crippen molar-refractivity contribution < 1.29 is 28.6 Å². The molecule has 4 aromatic rings. The van der Waals surface area contributed by atoms with E-state index in [0.29, 0.717) is 58.1 Å². The average Bonchev–Trinajstić information content (AvgIpc) is 3.04. The molecule has 0 bridgehead atoms. The molecule has 46 heavy (non-hydrogen) atoms. The minimum atomic E-state index is -0.850. The molecule has 1 saturated heterocycles. The van der Waals surface area contributed by atoms with Crippen molar-refractivity contribution in [2.24, 2.45) is 0 Å². The molecule has 0 saturated carbocycles. The van der Waals surface area contributed by atoms with Crippen molar-refractivity contribution in [3.8, 4) is 17.2 Å². The van der Waals surface area contributed by atoms with Gasteiger partial charge in [-0.05, 0) is 79.1 Å². The molecule has 1 aliphatic heterocycles. The molecule has 4 aromatic carbocycles. The number of nitrogens with zero attached hydrogens (tertiary/aromatic N) is 1. The smallest absolute Gasteiger partial charge is 0.335 e. The van der Waals surface area contributed by atoms with Crippen LogP contribution in [0, 0.1) is 0 Å². The van der Waals surface area contributed by atoms with Crippen molar-refractivity contribution in [3.63, 3.8) is 0 Å². The second-order valence-corrected chi connectivity index (χ2v) is 11.0. The summed E-state index contributed by atoms with van der Waals surface area (Å²) < 4.78 is 17.9. The first-order valence-electron chi connectivity index (χ1n) is 14.4. The van der Waals surface area contributed by atoms with Gasteiger partial charge in [0.15, 0.2) is 11.5 Å². The lowest BCUT2D eigenvalue weighted by molar-refractivity contribution is -0.122. The molecule has 0 unspecified atom stereocenters. The number of barbiturate groups is 1. The molecule has 1 N–H and O–H groups in total. The van der Waals surface area contributed by atoms with Crippen LogP contribution in [0.5, 0.6) is 17.2 Å². The summed E-state index contributed by atoms with van der Waals surface area (Å²) in [5.41, 5.74) is 2.99. The summed E-state index contributed by atoms with van der Waals surface area (Å²) in [6.07, 6.45) is 3.53. The molecular formula is C36H30Cl2N2O6. The number of benzene rings is 4. The van der Waals surface area contributed by atoms with E-state index < -0.39 is 17.8 Å². The third kappa shape index (κ3) is 7.59. The molecule has 10 heteroatoms. The zero-order chi connectivity index (χ0) is 32.6. The van der Waals surface area contributed by atoms with Crippen LogP contribution in [0.4, 0.5) is 10.5 Å².